The predicted octanol–water partition coefficient (Wildman–Crippen LogP) is -5.55. The van der Waals surface area contributed by atoms with Gasteiger partial charge in [0.1, 0.15) is 49.3 Å². The molecular weight excluding hydrogens is 320 g/mol. The van der Waals surface area contributed by atoms with Gasteiger partial charge in [-0.25, -0.2) is 0 Å². The van der Waals surface area contributed by atoms with Gasteiger partial charge < -0.3 is 50.3 Å². The summed E-state index contributed by atoms with van der Waals surface area (Å²) in [5.41, 5.74) is 0. The molecular formula is C12H22O11. The van der Waals surface area contributed by atoms with Crippen molar-refractivity contribution < 1.29 is 55.1 Å². The second-order valence-electron chi connectivity index (χ2n) is 5.12. The van der Waals surface area contributed by atoms with E-state index in [1.807, 2.05) is 0 Å². The molecule has 1 rings (SSSR count). The van der Waals surface area contributed by atoms with Crippen molar-refractivity contribution in [3.8, 4) is 0 Å². The Morgan fingerprint density at radius 2 is 1.65 bits per heavy atom. The van der Waals surface area contributed by atoms with Crippen molar-refractivity contribution in [1.29, 1.82) is 0 Å². The first-order valence-corrected chi connectivity index (χ1v) is 6.85. The van der Waals surface area contributed by atoms with Gasteiger partial charge in [-0.2, -0.15) is 0 Å². The Labute approximate surface area is 130 Å². The van der Waals surface area contributed by atoms with Gasteiger partial charge in [0.05, 0.1) is 13.2 Å². The zero-order chi connectivity index (χ0) is 17.7. The van der Waals surface area contributed by atoms with E-state index < -0.39 is 74.6 Å². The molecule has 1 fully saturated rings. The molecule has 0 spiro atoms. The molecule has 1 heterocycles. The highest BCUT2D eigenvalue weighted by atomic mass is 16.7. The third kappa shape index (κ3) is 4.64. The Kier molecular flexibility index (Phi) is 7.89. The number of ketones is 1. The van der Waals surface area contributed by atoms with Crippen LogP contribution in [0.1, 0.15) is 0 Å². The number of hydrogen-bond acceptors (Lipinski definition) is 11. The number of rotatable bonds is 8. The number of hydrogen-bond donors (Lipinski definition) is 8. The first kappa shape index (κ1) is 20.3. The highest BCUT2D eigenvalue weighted by Gasteiger charge is 2.46. The fraction of sp³-hybridized carbons (Fsp3) is 0.917. The number of carbonyl (C=O) groups excluding carboxylic acids is 1. The molecule has 1 aliphatic heterocycles. The van der Waals surface area contributed by atoms with E-state index in [0.29, 0.717) is 0 Å². The minimum Gasteiger partial charge on any atom is -0.394 e. The molecule has 1 saturated heterocycles. The number of carbonyl (C=O) groups is 1. The lowest BCUT2D eigenvalue weighted by Gasteiger charge is -2.41. The number of Topliss-reactive ketones (excluding diaryl/α,β-unsaturated/α-hetero) is 1. The summed E-state index contributed by atoms with van der Waals surface area (Å²) in [5.74, 6) is -1.08. The Morgan fingerprint density at radius 1 is 1.04 bits per heavy atom. The monoisotopic (exact) mass is 342 g/mol. The van der Waals surface area contributed by atoms with E-state index in [-0.39, 0.29) is 0 Å². The molecule has 0 aliphatic carbocycles. The third-order valence-corrected chi connectivity index (χ3v) is 3.49. The summed E-state index contributed by atoms with van der Waals surface area (Å²) in [6, 6.07) is 0. The third-order valence-electron chi connectivity index (χ3n) is 3.49. The fourth-order valence-corrected chi connectivity index (χ4v) is 2.07. The van der Waals surface area contributed by atoms with Crippen LogP contribution in [0.25, 0.3) is 0 Å². The topological polar surface area (TPSA) is 197 Å². The zero-order valence-electron chi connectivity index (χ0n) is 12.0. The molecule has 0 unspecified atom stereocenters. The zero-order valence-corrected chi connectivity index (χ0v) is 12.0. The van der Waals surface area contributed by atoms with Crippen LogP contribution in [0.15, 0.2) is 0 Å². The van der Waals surface area contributed by atoms with E-state index in [9.17, 15) is 30.3 Å². The molecule has 0 amide bonds. The summed E-state index contributed by atoms with van der Waals surface area (Å²) in [5, 5.41) is 74.9. The van der Waals surface area contributed by atoms with Crippen LogP contribution < -0.4 is 0 Å². The molecule has 1 aliphatic rings. The van der Waals surface area contributed by atoms with Crippen molar-refractivity contribution in [2.45, 2.75) is 49.0 Å². The Hall–Kier alpha value is -0.730. The highest BCUT2D eigenvalue weighted by molar-refractivity contribution is 5.84. The number of ether oxygens (including phenoxy) is 2. The maximum absolute atomic E-state index is 11.6. The summed E-state index contributed by atoms with van der Waals surface area (Å²) in [6.07, 6.45) is -13.9. The molecule has 136 valence electrons. The van der Waals surface area contributed by atoms with E-state index in [4.69, 9.17) is 24.8 Å². The lowest BCUT2D eigenvalue weighted by Crippen LogP contribution is -2.61. The molecule has 8 atom stereocenters. The van der Waals surface area contributed by atoms with Crippen molar-refractivity contribution in [1.82, 2.24) is 0 Å². The quantitative estimate of drug-likeness (QED) is 0.209. The Bertz CT molecular complexity index is 376. The van der Waals surface area contributed by atoms with Crippen LogP contribution in [0, 0.1) is 0 Å². The second kappa shape index (κ2) is 8.94. The molecule has 0 radical (unpaired) electrons. The van der Waals surface area contributed by atoms with Gasteiger partial charge in [0.15, 0.2) is 12.1 Å². The van der Waals surface area contributed by atoms with E-state index in [2.05, 4.69) is 0 Å². The normalized spacial score (nSPS) is 35.6. The van der Waals surface area contributed by atoms with E-state index in [1.54, 1.807) is 0 Å². The maximum atomic E-state index is 11.6. The van der Waals surface area contributed by atoms with Gasteiger partial charge in [-0.15, -0.1) is 0 Å². The molecule has 0 aromatic carbocycles. The van der Waals surface area contributed by atoms with Crippen LogP contribution in [-0.4, -0.2) is 115 Å². The largest absolute Gasteiger partial charge is 0.394 e. The van der Waals surface area contributed by atoms with Gasteiger partial charge in [0.2, 0.25) is 0 Å². The van der Waals surface area contributed by atoms with Gasteiger partial charge in [-0.3, -0.25) is 4.79 Å². The van der Waals surface area contributed by atoms with Gasteiger partial charge in [0.25, 0.3) is 0 Å². The summed E-state index contributed by atoms with van der Waals surface area (Å²) in [4.78, 5) is 11.6. The SMILES string of the molecule is O=C(CO)[C@@H](O[C@@H]1O[C@@H](CO)[C@@H](O)[C@H](O)[C@@H]1O)[C@H](O)[C@H](O)CO. The number of aliphatic hydroxyl groups excluding tert-OH is 8. The van der Waals surface area contributed by atoms with Crippen LogP contribution in [0.3, 0.4) is 0 Å². The van der Waals surface area contributed by atoms with Gasteiger partial charge >= 0.3 is 0 Å². The van der Waals surface area contributed by atoms with Crippen LogP contribution in [0.5, 0.6) is 0 Å². The predicted molar refractivity (Wildman–Crippen MR) is 69.8 cm³/mol. The Balaban J connectivity index is 2.91. The molecule has 0 aromatic rings. The fourth-order valence-electron chi connectivity index (χ4n) is 2.07. The molecule has 0 saturated carbocycles. The van der Waals surface area contributed by atoms with E-state index in [0.717, 1.165) is 0 Å². The second-order valence-corrected chi connectivity index (χ2v) is 5.12. The number of aliphatic hydroxyl groups is 8. The van der Waals surface area contributed by atoms with Crippen LogP contribution in [0.4, 0.5) is 0 Å². The molecule has 11 heteroatoms. The first-order valence-electron chi connectivity index (χ1n) is 6.85. The summed E-state index contributed by atoms with van der Waals surface area (Å²) >= 11 is 0. The van der Waals surface area contributed by atoms with Gasteiger partial charge in [-0.1, -0.05) is 0 Å². The van der Waals surface area contributed by atoms with Crippen molar-refractivity contribution >= 4 is 5.78 Å². The van der Waals surface area contributed by atoms with Crippen LogP contribution in [0.2, 0.25) is 0 Å². The lowest BCUT2D eigenvalue weighted by molar-refractivity contribution is -0.315. The first-order chi connectivity index (χ1) is 10.8. The van der Waals surface area contributed by atoms with Crippen molar-refractivity contribution in [2.75, 3.05) is 19.8 Å². The van der Waals surface area contributed by atoms with Crippen LogP contribution in [-0.2, 0) is 14.3 Å². The standard InChI is InChI=1S/C12H22O11/c13-1-4(16)7(18)11(5(17)2-14)23-12-10(21)9(20)8(19)6(3-15)22-12/h4,6-16,18-21H,1-3H2/t4-,6+,7-,8-,9+,10+,11-,12+/m1/s1. The van der Waals surface area contributed by atoms with E-state index in [1.165, 1.54) is 0 Å². The molecule has 11 nitrogen and oxygen atoms in total. The van der Waals surface area contributed by atoms with Gasteiger partial charge in [-0.05, 0) is 0 Å². The molecule has 0 aromatic heterocycles. The lowest BCUT2D eigenvalue weighted by atomic mass is 9.98. The average molecular weight is 342 g/mol. The van der Waals surface area contributed by atoms with Gasteiger partial charge in [0, 0.05) is 0 Å². The van der Waals surface area contributed by atoms with Crippen molar-refractivity contribution in [3.05, 3.63) is 0 Å². The average Bonchev–Trinajstić information content (AvgIpc) is 2.57. The van der Waals surface area contributed by atoms with Crippen LogP contribution >= 0.6 is 0 Å². The summed E-state index contributed by atoms with van der Waals surface area (Å²) in [7, 11) is 0. The highest BCUT2D eigenvalue weighted by Crippen LogP contribution is 2.24. The molecule has 8 N–H and O–H groups in total. The maximum Gasteiger partial charge on any atom is 0.189 e. The summed E-state index contributed by atoms with van der Waals surface area (Å²) in [6.45, 7) is -2.71. The smallest absolute Gasteiger partial charge is 0.189 e. The van der Waals surface area contributed by atoms with Crippen molar-refractivity contribution in [2.24, 2.45) is 0 Å². The summed E-state index contributed by atoms with van der Waals surface area (Å²) < 4.78 is 10.0. The minimum atomic E-state index is -1.95. The molecule has 0 bridgehead atoms. The van der Waals surface area contributed by atoms with Crippen molar-refractivity contribution in [3.63, 3.8) is 0 Å². The molecule has 23 heavy (non-hydrogen) atoms. The van der Waals surface area contributed by atoms with E-state index >= 15 is 0 Å². The minimum absolute atomic E-state index is 0.731. The Morgan fingerprint density at radius 3 is 2.13 bits per heavy atom.